The lowest BCUT2D eigenvalue weighted by Crippen LogP contribution is -2.33. The normalized spacial score (nSPS) is 17.9. The average Bonchev–Trinajstić information content (AvgIpc) is 2.35. The van der Waals surface area contributed by atoms with E-state index in [1.54, 1.807) is 12.1 Å². The van der Waals surface area contributed by atoms with E-state index in [-0.39, 0.29) is 23.0 Å². The minimum atomic E-state index is -1.16. The summed E-state index contributed by atoms with van der Waals surface area (Å²) in [4.78, 5) is 11.3. The number of nitrogens with two attached hydrogens (primary N) is 1. The van der Waals surface area contributed by atoms with Gasteiger partial charge in [0, 0.05) is 6.32 Å². The maximum absolute atomic E-state index is 11.3. The van der Waals surface area contributed by atoms with E-state index < -0.39 is 13.1 Å². The molecule has 4 N–H and O–H groups in total. The standard InChI is InChI=1S/C11H14BNO5/c1-17-8-3-2-7-6(5-13)4-12(16)18-10(7)9(8)11(14)15/h2-3,6,16H,4-5,13H2,1H3,(H,14,15). The maximum atomic E-state index is 11.3. The van der Waals surface area contributed by atoms with Gasteiger partial charge < -0.3 is 25.3 Å². The molecule has 0 spiro atoms. The first-order valence-electron chi connectivity index (χ1n) is 5.57. The zero-order valence-electron chi connectivity index (χ0n) is 9.92. The van der Waals surface area contributed by atoms with Gasteiger partial charge in [-0.1, -0.05) is 6.07 Å². The summed E-state index contributed by atoms with van der Waals surface area (Å²) in [6.45, 7) is 0.318. The number of carbonyl (C=O) groups is 1. The van der Waals surface area contributed by atoms with E-state index in [4.69, 9.17) is 15.1 Å². The predicted octanol–water partition coefficient (Wildman–Crippen LogP) is 0.309. The van der Waals surface area contributed by atoms with Crippen molar-refractivity contribution >= 4 is 13.1 Å². The second-order valence-electron chi connectivity index (χ2n) is 4.11. The van der Waals surface area contributed by atoms with Crippen molar-refractivity contribution < 1.29 is 24.3 Å². The molecule has 1 aromatic rings. The zero-order valence-corrected chi connectivity index (χ0v) is 9.92. The Bertz CT molecular complexity index is 479. The fourth-order valence-electron chi connectivity index (χ4n) is 2.18. The highest BCUT2D eigenvalue weighted by Crippen LogP contribution is 2.41. The summed E-state index contributed by atoms with van der Waals surface area (Å²) >= 11 is 0. The van der Waals surface area contributed by atoms with Crippen molar-refractivity contribution in [2.45, 2.75) is 12.2 Å². The summed E-state index contributed by atoms with van der Waals surface area (Å²) in [5.41, 5.74) is 6.25. The Morgan fingerprint density at radius 1 is 1.67 bits per heavy atom. The minimum Gasteiger partial charge on any atom is -0.535 e. The topological polar surface area (TPSA) is 102 Å². The Morgan fingerprint density at radius 3 is 2.94 bits per heavy atom. The molecule has 1 aliphatic rings. The summed E-state index contributed by atoms with van der Waals surface area (Å²) in [6.07, 6.45) is 0.356. The number of rotatable bonds is 3. The van der Waals surface area contributed by atoms with E-state index >= 15 is 0 Å². The Balaban J connectivity index is 2.61. The molecule has 0 radical (unpaired) electrons. The highest BCUT2D eigenvalue weighted by Gasteiger charge is 2.35. The van der Waals surface area contributed by atoms with E-state index in [0.717, 1.165) is 0 Å². The van der Waals surface area contributed by atoms with Crippen molar-refractivity contribution in [2.75, 3.05) is 13.7 Å². The summed E-state index contributed by atoms with van der Waals surface area (Å²) in [7, 11) is 0.338. The fourth-order valence-corrected chi connectivity index (χ4v) is 2.18. The summed E-state index contributed by atoms with van der Waals surface area (Å²) in [5, 5.41) is 18.8. The SMILES string of the molecule is COc1ccc2c(c1C(=O)O)OB(O)CC2CN. The summed E-state index contributed by atoms with van der Waals surface area (Å²) in [6, 6.07) is 3.30. The second kappa shape index (κ2) is 4.87. The van der Waals surface area contributed by atoms with Gasteiger partial charge in [0.1, 0.15) is 17.1 Å². The molecule has 96 valence electrons. The monoisotopic (exact) mass is 251 g/mol. The van der Waals surface area contributed by atoms with Crippen LogP contribution in [0.4, 0.5) is 0 Å². The van der Waals surface area contributed by atoms with Crippen LogP contribution in [0.15, 0.2) is 12.1 Å². The van der Waals surface area contributed by atoms with Gasteiger partial charge in [0.25, 0.3) is 0 Å². The van der Waals surface area contributed by atoms with Gasteiger partial charge in [0.2, 0.25) is 0 Å². The molecule has 0 saturated heterocycles. The molecule has 0 saturated carbocycles. The highest BCUT2D eigenvalue weighted by atomic mass is 16.5. The largest absolute Gasteiger partial charge is 0.535 e. The molecule has 1 heterocycles. The van der Waals surface area contributed by atoms with Crippen LogP contribution < -0.4 is 15.1 Å². The van der Waals surface area contributed by atoms with E-state index in [2.05, 4.69) is 0 Å². The van der Waals surface area contributed by atoms with Crippen molar-refractivity contribution in [2.24, 2.45) is 5.73 Å². The second-order valence-corrected chi connectivity index (χ2v) is 4.11. The molecule has 1 unspecified atom stereocenters. The van der Waals surface area contributed by atoms with Crippen molar-refractivity contribution in [3.63, 3.8) is 0 Å². The molecule has 0 amide bonds. The molecule has 0 bridgehead atoms. The van der Waals surface area contributed by atoms with Crippen LogP contribution in [0.1, 0.15) is 21.8 Å². The molecule has 0 aromatic heterocycles. The highest BCUT2D eigenvalue weighted by molar-refractivity contribution is 6.44. The quantitative estimate of drug-likeness (QED) is 0.668. The van der Waals surface area contributed by atoms with Gasteiger partial charge >= 0.3 is 13.1 Å². The Labute approximate surface area is 104 Å². The van der Waals surface area contributed by atoms with Crippen LogP contribution in [-0.2, 0) is 0 Å². The van der Waals surface area contributed by atoms with Crippen molar-refractivity contribution in [3.8, 4) is 11.5 Å². The fraction of sp³-hybridized carbons (Fsp3) is 0.364. The van der Waals surface area contributed by atoms with Crippen LogP contribution in [-0.4, -0.2) is 36.9 Å². The smallest absolute Gasteiger partial charge is 0.523 e. The van der Waals surface area contributed by atoms with Gasteiger partial charge in [-0.05, 0) is 24.1 Å². The van der Waals surface area contributed by atoms with Gasteiger partial charge in [-0.2, -0.15) is 0 Å². The van der Waals surface area contributed by atoms with Crippen molar-refractivity contribution in [3.05, 3.63) is 23.3 Å². The molecule has 0 fully saturated rings. The Morgan fingerprint density at radius 2 is 2.39 bits per heavy atom. The van der Waals surface area contributed by atoms with E-state index in [1.165, 1.54) is 7.11 Å². The molecule has 6 nitrogen and oxygen atoms in total. The molecule has 18 heavy (non-hydrogen) atoms. The van der Waals surface area contributed by atoms with E-state index in [0.29, 0.717) is 18.4 Å². The predicted molar refractivity (Wildman–Crippen MR) is 65.2 cm³/mol. The van der Waals surface area contributed by atoms with Gasteiger partial charge in [-0.15, -0.1) is 0 Å². The van der Waals surface area contributed by atoms with Crippen molar-refractivity contribution in [1.82, 2.24) is 0 Å². The number of hydrogen-bond donors (Lipinski definition) is 3. The Hall–Kier alpha value is -1.73. The van der Waals surface area contributed by atoms with Gasteiger partial charge in [-0.25, -0.2) is 4.79 Å². The third kappa shape index (κ3) is 2.02. The number of hydrogen-bond acceptors (Lipinski definition) is 5. The molecule has 7 heteroatoms. The zero-order chi connectivity index (χ0) is 13.3. The first-order chi connectivity index (χ1) is 8.58. The molecule has 1 aliphatic heterocycles. The number of benzene rings is 1. The summed E-state index contributed by atoms with van der Waals surface area (Å²) < 4.78 is 10.2. The van der Waals surface area contributed by atoms with Gasteiger partial charge in [-0.3, -0.25) is 0 Å². The third-order valence-corrected chi connectivity index (χ3v) is 3.05. The van der Waals surface area contributed by atoms with Crippen molar-refractivity contribution in [1.29, 1.82) is 0 Å². The average molecular weight is 251 g/mol. The number of carboxylic acid groups (broad SMARTS) is 1. The molecule has 1 aromatic carbocycles. The lowest BCUT2D eigenvalue weighted by molar-refractivity contribution is 0.0690. The Kier molecular flexibility index (Phi) is 3.44. The van der Waals surface area contributed by atoms with Crippen LogP contribution in [0.3, 0.4) is 0 Å². The molecule has 2 rings (SSSR count). The molecular formula is C11H14BNO5. The van der Waals surface area contributed by atoms with E-state index in [9.17, 15) is 14.9 Å². The van der Waals surface area contributed by atoms with Crippen LogP contribution in [0.2, 0.25) is 6.32 Å². The van der Waals surface area contributed by atoms with Crippen LogP contribution in [0, 0.1) is 0 Å². The van der Waals surface area contributed by atoms with E-state index in [1.807, 2.05) is 0 Å². The molecule has 0 aliphatic carbocycles. The molecule has 1 atom stereocenters. The van der Waals surface area contributed by atoms with Gasteiger partial charge in [0.05, 0.1) is 7.11 Å². The van der Waals surface area contributed by atoms with Gasteiger partial charge in [0.15, 0.2) is 0 Å². The van der Waals surface area contributed by atoms with Crippen LogP contribution in [0.5, 0.6) is 11.5 Å². The number of carboxylic acids is 1. The maximum Gasteiger partial charge on any atom is 0.523 e. The first-order valence-corrected chi connectivity index (χ1v) is 5.57. The van der Waals surface area contributed by atoms with Crippen LogP contribution >= 0.6 is 0 Å². The third-order valence-electron chi connectivity index (χ3n) is 3.05. The first kappa shape index (κ1) is 12.7. The number of methoxy groups -OCH3 is 1. The number of fused-ring (bicyclic) bond motifs is 1. The lowest BCUT2D eigenvalue weighted by atomic mass is 9.71. The summed E-state index contributed by atoms with van der Waals surface area (Å²) in [5.74, 6) is -0.927. The minimum absolute atomic E-state index is 0.0767. The molecular weight excluding hydrogens is 237 g/mol. The lowest BCUT2D eigenvalue weighted by Gasteiger charge is -2.28. The number of aromatic carboxylic acids is 1. The number of ether oxygens (including phenoxy) is 1. The van der Waals surface area contributed by atoms with Crippen LogP contribution in [0.25, 0.3) is 0 Å².